The highest BCUT2D eigenvalue weighted by molar-refractivity contribution is 9.10. The molecule has 1 heterocycles. The van der Waals surface area contributed by atoms with Gasteiger partial charge in [0.2, 0.25) is 0 Å². The standard InChI is InChI=1S/C12H5BrCl3N2/c1-18-11(10(13)7(5-17)12(18)16)6-2-3-8(14)9(15)4-6/h2-4H,1H2. The van der Waals surface area contributed by atoms with Gasteiger partial charge in [-0.2, -0.15) is 5.26 Å². The third kappa shape index (κ3) is 2.15. The van der Waals surface area contributed by atoms with Gasteiger partial charge in [-0.05, 0) is 28.1 Å². The van der Waals surface area contributed by atoms with Gasteiger partial charge in [0.05, 0.1) is 20.2 Å². The Kier molecular flexibility index (Phi) is 3.93. The molecule has 0 aliphatic carbocycles. The number of hydrogen-bond acceptors (Lipinski definition) is 1. The lowest BCUT2D eigenvalue weighted by molar-refractivity contribution is 1.09. The van der Waals surface area contributed by atoms with E-state index < -0.39 is 0 Å². The van der Waals surface area contributed by atoms with Gasteiger partial charge in [-0.25, -0.2) is 0 Å². The maximum Gasteiger partial charge on any atom is 0.128 e. The van der Waals surface area contributed by atoms with Crippen molar-refractivity contribution in [1.29, 1.82) is 5.26 Å². The Morgan fingerprint density at radius 2 is 1.89 bits per heavy atom. The minimum Gasteiger partial charge on any atom is -0.328 e. The summed E-state index contributed by atoms with van der Waals surface area (Å²) in [6.45, 7) is 0. The molecule has 1 aromatic heterocycles. The Bertz CT molecular complexity index is 671. The summed E-state index contributed by atoms with van der Waals surface area (Å²) in [5, 5.41) is 10.2. The van der Waals surface area contributed by atoms with Gasteiger partial charge < -0.3 is 4.57 Å². The van der Waals surface area contributed by atoms with Gasteiger partial charge in [0.25, 0.3) is 0 Å². The SMILES string of the molecule is [CH2]n1c(Cl)c(C#N)c(Br)c1-c1ccc(Cl)c(Cl)c1. The smallest absolute Gasteiger partial charge is 0.128 e. The van der Waals surface area contributed by atoms with Crippen LogP contribution in [0.15, 0.2) is 22.7 Å². The topological polar surface area (TPSA) is 28.7 Å². The zero-order valence-electron chi connectivity index (χ0n) is 8.85. The van der Waals surface area contributed by atoms with E-state index in [1.54, 1.807) is 18.2 Å². The third-order valence-electron chi connectivity index (χ3n) is 2.45. The molecule has 0 atom stereocenters. The summed E-state index contributed by atoms with van der Waals surface area (Å²) in [7, 11) is 3.81. The first kappa shape index (κ1) is 13.8. The van der Waals surface area contributed by atoms with Crippen LogP contribution in [0.2, 0.25) is 15.2 Å². The molecular formula is C12H5BrCl3N2. The average molecular weight is 363 g/mol. The van der Waals surface area contributed by atoms with Gasteiger partial charge >= 0.3 is 0 Å². The number of halogens is 4. The fraction of sp³-hybridized carbons (Fsp3) is 0. The van der Waals surface area contributed by atoms with Crippen LogP contribution < -0.4 is 0 Å². The molecule has 18 heavy (non-hydrogen) atoms. The number of hydrogen-bond donors (Lipinski definition) is 0. The lowest BCUT2D eigenvalue weighted by Gasteiger charge is -2.06. The van der Waals surface area contributed by atoms with Gasteiger partial charge in [0.15, 0.2) is 0 Å². The van der Waals surface area contributed by atoms with Crippen LogP contribution in [0.5, 0.6) is 0 Å². The first-order chi connectivity index (χ1) is 8.47. The van der Waals surface area contributed by atoms with Crippen LogP contribution in [-0.2, 0) is 0 Å². The van der Waals surface area contributed by atoms with Crippen LogP contribution in [0, 0.1) is 18.4 Å². The van der Waals surface area contributed by atoms with Crippen molar-refractivity contribution in [2.75, 3.05) is 0 Å². The molecule has 2 rings (SSSR count). The predicted octanol–water partition coefficient (Wildman–Crippen LogP) is 5.39. The van der Waals surface area contributed by atoms with E-state index >= 15 is 0 Å². The van der Waals surface area contributed by atoms with Gasteiger partial charge in [-0.3, -0.25) is 0 Å². The molecule has 0 aliphatic rings. The number of nitriles is 1. The van der Waals surface area contributed by atoms with Crippen LogP contribution in [0.3, 0.4) is 0 Å². The number of rotatable bonds is 1. The Hall–Kier alpha value is -0.660. The van der Waals surface area contributed by atoms with E-state index in [0.29, 0.717) is 25.8 Å². The highest BCUT2D eigenvalue weighted by Gasteiger charge is 2.19. The molecule has 6 heteroatoms. The first-order valence-electron chi connectivity index (χ1n) is 4.73. The zero-order valence-corrected chi connectivity index (χ0v) is 12.7. The number of nitrogens with zero attached hydrogens (tertiary/aromatic N) is 2. The fourth-order valence-corrected chi connectivity index (χ4v) is 2.93. The minimum atomic E-state index is 0.269. The highest BCUT2D eigenvalue weighted by Crippen LogP contribution is 2.39. The van der Waals surface area contributed by atoms with Crippen molar-refractivity contribution in [3.8, 4) is 17.3 Å². The summed E-state index contributed by atoms with van der Waals surface area (Å²) in [4.78, 5) is 0. The van der Waals surface area contributed by atoms with Crippen molar-refractivity contribution in [3.05, 3.63) is 50.5 Å². The van der Waals surface area contributed by atoms with Crippen molar-refractivity contribution in [3.63, 3.8) is 0 Å². The quantitative estimate of drug-likeness (QED) is 0.668. The molecule has 0 N–H and O–H groups in total. The second kappa shape index (κ2) is 5.14. The normalized spacial score (nSPS) is 10.4. The van der Waals surface area contributed by atoms with Crippen LogP contribution in [0.4, 0.5) is 0 Å². The Morgan fingerprint density at radius 1 is 1.22 bits per heavy atom. The first-order valence-corrected chi connectivity index (χ1v) is 6.66. The summed E-state index contributed by atoms with van der Waals surface area (Å²) < 4.78 is 2.06. The Balaban J connectivity index is 2.72. The number of benzene rings is 1. The van der Waals surface area contributed by atoms with Crippen molar-refractivity contribution < 1.29 is 0 Å². The predicted molar refractivity (Wildman–Crippen MR) is 78.1 cm³/mol. The molecule has 0 fully saturated rings. The maximum atomic E-state index is 9.03. The highest BCUT2D eigenvalue weighted by atomic mass is 79.9. The van der Waals surface area contributed by atoms with Crippen molar-refractivity contribution in [2.45, 2.75) is 0 Å². The molecule has 1 aromatic carbocycles. The van der Waals surface area contributed by atoms with Crippen molar-refractivity contribution in [1.82, 2.24) is 4.57 Å². The molecule has 2 nitrogen and oxygen atoms in total. The molecule has 1 radical (unpaired) electrons. The minimum absolute atomic E-state index is 0.269. The third-order valence-corrected chi connectivity index (χ3v) is 4.35. The number of aromatic nitrogens is 1. The van der Waals surface area contributed by atoms with E-state index in [1.165, 1.54) is 4.57 Å². The molecule has 0 amide bonds. The molecule has 0 saturated carbocycles. The summed E-state index contributed by atoms with van der Waals surface area (Å²) in [6.07, 6.45) is 0. The van der Waals surface area contributed by atoms with Gasteiger partial charge in [-0.1, -0.05) is 40.9 Å². The van der Waals surface area contributed by atoms with Crippen molar-refractivity contribution >= 4 is 50.7 Å². The van der Waals surface area contributed by atoms with E-state index in [1.807, 2.05) is 6.07 Å². The van der Waals surface area contributed by atoms with Gasteiger partial charge in [-0.15, -0.1) is 0 Å². The van der Waals surface area contributed by atoms with Crippen molar-refractivity contribution in [2.24, 2.45) is 0 Å². The van der Waals surface area contributed by atoms with Crippen LogP contribution in [0.25, 0.3) is 11.3 Å². The van der Waals surface area contributed by atoms with Crippen LogP contribution in [-0.4, -0.2) is 4.57 Å². The molecule has 91 valence electrons. The Labute approximate surface area is 128 Å². The molecule has 0 saturated heterocycles. The van der Waals surface area contributed by atoms with E-state index in [-0.39, 0.29) is 5.15 Å². The summed E-state index contributed by atoms with van der Waals surface area (Å²) in [5.74, 6) is 0. The lowest BCUT2D eigenvalue weighted by Crippen LogP contribution is -1.89. The largest absolute Gasteiger partial charge is 0.328 e. The Morgan fingerprint density at radius 3 is 2.39 bits per heavy atom. The lowest BCUT2D eigenvalue weighted by atomic mass is 10.1. The van der Waals surface area contributed by atoms with Crippen LogP contribution >= 0.6 is 50.7 Å². The van der Waals surface area contributed by atoms with E-state index in [4.69, 9.17) is 40.1 Å². The van der Waals surface area contributed by atoms with E-state index in [0.717, 1.165) is 5.56 Å². The second-order valence-electron chi connectivity index (χ2n) is 3.50. The average Bonchev–Trinajstić information content (AvgIpc) is 2.54. The molecule has 0 aliphatic heterocycles. The summed E-state index contributed by atoms with van der Waals surface area (Å²) in [5.41, 5.74) is 1.79. The fourth-order valence-electron chi connectivity index (χ4n) is 1.58. The van der Waals surface area contributed by atoms with Gasteiger partial charge in [0, 0.05) is 12.6 Å². The van der Waals surface area contributed by atoms with E-state index in [2.05, 4.69) is 23.0 Å². The molecular weight excluding hydrogens is 358 g/mol. The van der Waals surface area contributed by atoms with E-state index in [9.17, 15) is 0 Å². The molecule has 0 unspecified atom stereocenters. The summed E-state index contributed by atoms with van der Waals surface area (Å²) >= 11 is 21.2. The van der Waals surface area contributed by atoms with Gasteiger partial charge in [0.1, 0.15) is 16.8 Å². The van der Waals surface area contributed by atoms with Crippen LogP contribution in [0.1, 0.15) is 5.56 Å². The monoisotopic (exact) mass is 361 g/mol. The summed E-state index contributed by atoms with van der Waals surface area (Å²) in [6, 6.07) is 7.18. The second-order valence-corrected chi connectivity index (χ2v) is 5.46. The molecule has 2 aromatic rings. The molecule has 0 spiro atoms. The maximum absolute atomic E-state index is 9.03. The molecule has 0 bridgehead atoms. The zero-order chi connectivity index (χ0) is 13.4.